The van der Waals surface area contributed by atoms with Crippen LogP contribution in [0.25, 0.3) is 11.1 Å². The summed E-state index contributed by atoms with van der Waals surface area (Å²) >= 11 is 0. The molecule has 0 radical (unpaired) electrons. The maximum atomic E-state index is 12.3. The normalized spacial score (nSPS) is 11.1. The van der Waals surface area contributed by atoms with Gasteiger partial charge in [0.1, 0.15) is 0 Å². The van der Waals surface area contributed by atoms with Crippen LogP contribution >= 0.6 is 0 Å². The van der Waals surface area contributed by atoms with Crippen LogP contribution in [-0.2, 0) is 10.0 Å². The van der Waals surface area contributed by atoms with E-state index in [0.717, 1.165) is 11.1 Å². The standard InChI is InChI=1S/C18H15NO2S/c20-22(21,18-12-5-2-6-13-18)19-17-11-7-10-16(14-17)15-8-3-1-4-9-15/h1-14,19H. The molecule has 4 heteroatoms. The molecule has 22 heavy (non-hydrogen) atoms. The highest BCUT2D eigenvalue weighted by molar-refractivity contribution is 7.92. The predicted molar refractivity (Wildman–Crippen MR) is 89.1 cm³/mol. The molecule has 3 aromatic rings. The molecule has 0 atom stereocenters. The van der Waals surface area contributed by atoms with E-state index < -0.39 is 10.0 Å². The molecule has 0 amide bonds. The van der Waals surface area contributed by atoms with Crippen LogP contribution in [0.1, 0.15) is 0 Å². The zero-order chi connectivity index (χ0) is 15.4. The summed E-state index contributed by atoms with van der Waals surface area (Å²) in [5.74, 6) is 0. The average Bonchev–Trinajstić information content (AvgIpc) is 2.56. The molecule has 0 bridgehead atoms. The molecule has 0 fully saturated rings. The van der Waals surface area contributed by atoms with Crippen LogP contribution in [0.5, 0.6) is 0 Å². The van der Waals surface area contributed by atoms with E-state index in [0.29, 0.717) is 5.69 Å². The second-order valence-corrected chi connectivity index (χ2v) is 6.55. The van der Waals surface area contributed by atoms with Crippen LogP contribution in [0.2, 0.25) is 0 Å². The van der Waals surface area contributed by atoms with Crippen molar-refractivity contribution in [3.63, 3.8) is 0 Å². The van der Waals surface area contributed by atoms with Crippen LogP contribution < -0.4 is 4.72 Å². The summed E-state index contributed by atoms with van der Waals surface area (Å²) in [7, 11) is -3.56. The summed E-state index contributed by atoms with van der Waals surface area (Å²) in [6.45, 7) is 0. The Kier molecular flexibility index (Phi) is 3.94. The topological polar surface area (TPSA) is 46.2 Å². The van der Waals surface area contributed by atoms with Gasteiger partial charge in [0.15, 0.2) is 0 Å². The molecule has 0 heterocycles. The first-order valence-corrected chi connectivity index (χ1v) is 8.37. The fourth-order valence-electron chi connectivity index (χ4n) is 2.21. The van der Waals surface area contributed by atoms with Crippen LogP contribution in [0, 0.1) is 0 Å². The number of anilines is 1. The molecule has 0 spiro atoms. The Morgan fingerprint density at radius 2 is 1.23 bits per heavy atom. The summed E-state index contributed by atoms with van der Waals surface area (Å²) in [6, 6.07) is 25.5. The molecule has 3 rings (SSSR count). The predicted octanol–water partition coefficient (Wildman–Crippen LogP) is 4.15. The number of hydrogen-bond donors (Lipinski definition) is 1. The first-order chi connectivity index (χ1) is 10.6. The van der Waals surface area contributed by atoms with E-state index in [1.807, 2.05) is 48.5 Å². The third kappa shape index (κ3) is 3.18. The Bertz CT molecular complexity index is 860. The van der Waals surface area contributed by atoms with Crippen LogP contribution in [-0.4, -0.2) is 8.42 Å². The van der Waals surface area contributed by atoms with E-state index in [2.05, 4.69) is 4.72 Å². The van der Waals surface area contributed by atoms with E-state index in [1.54, 1.807) is 36.4 Å². The minimum Gasteiger partial charge on any atom is -0.280 e. The highest BCUT2D eigenvalue weighted by atomic mass is 32.2. The van der Waals surface area contributed by atoms with E-state index in [1.165, 1.54) is 0 Å². The van der Waals surface area contributed by atoms with Crippen molar-refractivity contribution in [1.82, 2.24) is 0 Å². The van der Waals surface area contributed by atoms with Crippen molar-refractivity contribution >= 4 is 15.7 Å². The number of sulfonamides is 1. The molecule has 110 valence electrons. The van der Waals surface area contributed by atoms with E-state index in [9.17, 15) is 8.42 Å². The smallest absolute Gasteiger partial charge is 0.261 e. The molecule has 0 aromatic heterocycles. The van der Waals surface area contributed by atoms with Gasteiger partial charge in [0.05, 0.1) is 4.90 Å². The van der Waals surface area contributed by atoms with Crippen molar-refractivity contribution in [2.75, 3.05) is 4.72 Å². The van der Waals surface area contributed by atoms with Gasteiger partial charge in [-0.05, 0) is 35.4 Å². The Labute approximate surface area is 130 Å². The van der Waals surface area contributed by atoms with Crippen molar-refractivity contribution < 1.29 is 8.42 Å². The Balaban J connectivity index is 1.91. The molecular formula is C18H15NO2S. The lowest BCUT2D eigenvalue weighted by Crippen LogP contribution is -2.12. The van der Waals surface area contributed by atoms with Gasteiger partial charge in [-0.25, -0.2) is 8.42 Å². The molecular weight excluding hydrogens is 294 g/mol. The first kappa shape index (κ1) is 14.4. The van der Waals surface area contributed by atoms with Gasteiger partial charge in [-0.2, -0.15) is 0 Å². The van der Waals surface area contributed by atoms with E-state index in [4.69, 9.17) is 0 Å². The highest BCUT2D eigenvalue weighted by Gasteiger charge is 2.13. The molecule has 0 aliphatic heterocycles. The summed E-state index contributed by atoms with van der Waals surface area (Å²) in [5.41, 5.74) is 2.56. The Hall–Kier alpha value is -2.59. The zero-order valence-electron chi connectivity index (χ0n) is 11.8. The number of rotatable bonds is 4. The van der Waals surface area contributed by atoms with Gasteiger partial charge in [-0.3, -0.25) is 4.72 Å². The molecule has 0 aliphatic rings. The summed E-state index contributed by atoms with van der Waals surface area (Å²) in [6.07, 6.45) is 0. The Morgan fingerprint density at radius 3 is 1.91 bits per heavy atom. The maximum absolute atomic E-state index is 12.3. The molecule has 0 saturated heterocycles. The van der Waals surface area contributed by atoms with Crippen LogP contribution in [0.4, 0.5) is 5.69 Å². The Morgan fingerprint density at radius 1 is 0.636 bits per heavy atom. The molecule has 3 aromatic carbocycles. The third-order valence-electron chi connectivity index (χ3n) is 3.28. The maximum Gasteiger partial charge on any atom is 0.261 e. The van der Waals surface area contributed by atoms with E-state index in [-0.39, 0.29) is 4.90 Å². The van der Waals surface area contributed by atoms with Gasteiger partial charge in [-0.1, -0.05) is 60.7 Å². The van der Waals surface area contributed by atoms with Crippen molar-refractivity contribution in [2.24, 2.45) is 0 Å². The lowest BCUT2D eigenvalue weighted by atomic mass is 10.1. The minimum absolute atomic E-state index is 0.250. The largest absolute Gasteiger partial charge is 0.280 e. The van der Waals surface area contributed by atoms with Gasteiger partial charge in [0.25, 0.3) is 10.0 Å². The second kappa shape index (κ2) is 6.03. The van der Waals surface area contributed by atoms with Crippen LogP contribution in [0.15, 0.2) is 89.8 Å². The number of benzene rings is 3. The lowest BCUT2D eigenvalue weighted by molar-refractivity contribution is 0.601. The van der Waals surface area contributed by atoms with Crippen molar-refractivity contribution in [1.29, 1.82) is 0 Å². The highest BCUT2D eigenvalue weighted by Crippen LogP contribution is 2.24. The van der Waals surface area contributed by atoms with Crippen LogP contribution in [0.3, 0.4) is 0 Å². The number of nitrogens with one attached hydrogen (secondary N) is 1. The van der Waals surface area contributed by atoms with Gasteiger partial charge in [0, 0.05) is 5.69 Å². The second-order valence-electron chi connectivity index (χ2n) is 4.87. The lowest BCUT2D eigenvalue weighted by Gasteiger charge is -2.09. The SMILES string of the molecule is O=S(=O)(Nc1cccc(-c2ccccc2)c1)c1ccccc1. The summed E-state index contributed by atoms with van der Waals surface area (Å²) in [4.78, 5) is 0.250. The van der Waals surface area contributed by atoms with Gasteiger partial charge in [0.2, 0.25) is 0 Å². The van der Waals surface area contributed by atoms with Gasteiger partial charge in [-0.15, -0.1) is 0 Å². The third-order valence-corrected chi connectivity index (χ3v) is 4.67. The van der Waals surface area contributed by atoms with Crippen molar-refractivity contribution in [2.45, 2.75) is 4.90 Å². The fourth-order valence-corrected chi connectivity index (χ4v) is 3.28. The quantitative estimate of drug-likeness (QED) is 0.787. The van der Waals surface area contributed by atoms with Crippen molar-refractivity contribution in [3.05, 3.63) is 84.9 Å². The summed E-state index contributed by atoms with van der Waals surface area (Å²) < 4.78 is 27.3. The van der Waals surface area contributed by atoms with Gasteiger partial charge >= 0.3 is 0 Å². The van der Waals surface area contributed by atoms with E-state index >= 15 is 0 Å². The zero-order valence-corrected chi connectivity index (χ0v) is 12.6. The fraction of sp³-hybridized carbons (Fsp3) is 0. The molecule has 0 unspecified atom stereocenters. The minimum atomic E-state index is -3.56. The average molecular weight is 309 g/mol. The summed E-state index contributed by atoms with van der Waals surface area (Å²) in [5, 5.41) is 0. The monoisotopic (exact) mass is 309 g/mol. The number of hydrogen-bond acceptors (Lipinski definition) is 2. The molecule has 0 saturated carbocycles. The molecule has 0 aliphatic carbocycles. The molecule has 1 N–H and O–H groups in total. The van der Waals surface area contributed by atoms with Crippen molar-refractivity contribution in [3.8, 4) is 11.1 Å². The molecule has 3 nitrogen and oxygen atoms in total. The van der Waals surface area contributed by atoms with Gasteiger partial charge < -0.3 is 0 Å². The first-order valence-electron chi connectivity index (χ1n) is 6.88.